The summed E-state index contributed by atoms with van der Waals surface area (Å²) in [6.45, 7) is 0. The largest absolute Gasteiger partial charge is 0.466 e. The molecule has 1 rings (SSSR count). The Bertz CT molecular complexity index is 532. The number of carbonyl (C=O) groups excluding carboxylic acids is 1. The van der Waals surface area contributed by atoms with E-state index in [9.17, 15) is 9.36 Å². The molecule has 0 aliphatic carbocycles. The summed E-state index contributed by atoms with van der Waals surface area (Å²) in [7, 11) is -2.78. The van der Waals surface area contributed by atoms with Crippen LogP contribution in [-0.4, -0.2) is 29.0 Å². The molecule has 0 atom stereocenters. The fourth-order valence-corrected chi connectivity index (χ4v) is 2.30. The maximum atomic E-state index is 11.6. The molecule has 20 heavy (non-hydrogen) atoms. The third-order valence-electron chi connectivity index (χ3n) is 2.55. The lowest BCUT2D eigenvalue weighted by atomic mass is 10.1. The van der Waals surface area contributed by atoms with E-state index in [1.54, 1.807) is 30.3 Å². The Morgan fingerprint density at radius 2 is 1.95 bits per heavy atom. The van der Waals surface area contributed by atoms with E-state index >= 15 is 0 Å². The van der Waals surface area contributed by atoms with E-state index in [2.05, 4.69) is 4.74 Å². The van der Waals surface area contributed by atoms with Crippen LogP contribution in [0.4, 0.5) is 0 Å². The molecule has 0 unspecified atom stereocenters. The third kappa shape index (κ3) is 6.35. The molecule has 0 saturated carbocycles. The van der Waals surface area contributed by atoms with Gasteiger partial charge in [-0.3, -0.25) is 4.57 Å². The Kier molecular flexibility index (Phi) is 6.43. The van der Waals surface area contributed by atoms with Gasteiger partial charge in [0, 0.05) is 10.6 Å². The van der Waals surface area contributed by atoms with E-state index in [1.165, 1.54) is 7.11 Å². The molecule has 7 heteroatoms. The molecular formula is C13H16ClO5P. The number of rotatable bonds is 6. The summed E-state index contributed by atoms with van der Waals surface area (Å²) < 4.78 is 15.5. The molecule has 0 aliphatic rings. The van der Waals surface area contributed by atoms with Crippen molar-refractivity contribution in [2.24, 2.45) is 0 Å². The van der Waals surface area contributed by atoms with Crippen molar-refractivity contribution < 1.29 is 23.9 Å². The van der Waals surface area contributed by atoms with E-state index in [0.717, 1.165) is 5.56 Å². The van der Waals surface area contributed by atoms with Gasteiger partial charge >= 0.3 is 13.6 Å². The number of benzene rings is 1. The molecule has 1 aromatic carbocycles. The van der Waals surface area contributed by atoms with Crippen LogP contribution in [0.25, 0.3) is 6.08 Å². The smallest absolute Gasteiger partial charge is 0.333 e. The minimum absolute atomic E-state index is 0.207. The van der Waals surface area contributed by atoms with Gasteiger partial charge in [-0.2, -0.15) is 0 Å². The summed E-state index contributed by atoms with van der Waals surface area (Å²) in [5.74, 6) is -0.509. The molecular weight excluding hydrogens is 303 g/mol. The first-order valence-electron chi connectivity index (χ1n) is 5.91. The molecule has 0 aromatic heterocycles. The van der Waals surface area contributed by atoms with Gasteiger partial charge in [0.2, 0.25) is 0 Å². The normalized spacial score (nSPS) is 12.3. The first kappa shape index (κ1) is 16.9. The molecule has 2 N–H and O–H groups in total. The highest BCUT2D eigenvalue weighted by Crippen LogP contribution is 2.35. The van der Waals surface area contributed by atoms with Gasteiger partial charge in [0.1, 0.15) is 0 Å². The molecule has 0 heterocycles. The van der Waals surface area contributed by atoms with Gasteiger partial charge in [0.25, 0.3) is 0 Å². The van der Waals surface area contributed by atoms with Crippen LogP contribution in [0.15, 0.2) is 29.8 Å². The molecule has 0 amide bonds. The first-order valence-corrected chi connectivity index (χ1v) is 8.08. The predicted octanol–water partition coefficient (Wildman–Crippen LogP) is 2.85. The van der Waals surface area contributed by atoms with E-state index in [4.69, 9.17) is 21.4 Å². The highest BCUT2D eigenvalue weighted by molar-refractivity contribution is 7.51. The van der Waals surface area contributed by atoms with Crippen molar-refractivity contribution in [2.75, 3.05) is 13.3 Å². The highest BCUT2D eigenvalue weighted by Gasteiger charge is 2.15. The van der Waals surface area contributed by atoms with E-state index in [0.29, 0.717) is 10.6 Å². The number of carbonyl (C=O) groups is 1. The van der Waals surface area contributed by atoms with Gasteiger partial charge in [-0.05, 0) is 36.6 Å². The summed E-state index contributed by atoms with van der Waals surface area (Å²) in [6.07, 6.45) is 1.81. The maximum absolute atomic E-state index is 11.6. The van der Waals surface area contributed by atoms with Crippen molar-refractivity contribution in [3.63, 3.8) is 0 Å². The molecule has 0 aliphatic heterocycles. The topological polar surface area (TPSA) is 83.8 Å². The third-order valence-corrected chi connectivity index (χ3v) is 3.70. The number of esters is 1. The SMILES string of the molecule is COC(=O)/C(=C/c1ccc(Cl)cc1)CCCP(=O)(O)O. The number of methoxy groups -OCH3 is 1. The fraction of sp³-hybridized carbons (Fsp3) is 0.308. The van der Waals surface area contributed by atoms with Crippen molar-refractivity contribution in [2.45, 2.75) is 12.8 Å². The van der Waals surface area contributed by atoms with Gasteiger partial charge in [-0.25, -0.2) is 4.79 Å². The van der Waals surface area contributed by atoms with Crippen LogP contribution in [0.2, 0.25) is 5.02 Å². The Morgan fingerprint density at radius 1 is 1.35 bits per heavy atom. The molecule has 0 fully saturated rings. The van der Waals surface area contributed by atoms with E-state index in [1.807, 2.05) is 0 Å². The molecule has 1 aromatic rings. The second-order valence-corrected chi connectivity index (χ2v) is 6.42. The van der Waals surface area contributed by atoms with Crippen molar-refractivity contribution >= 4 is 31.2 Å². The Hall–Kier alpha value is -1.13. The van der Waals surface area contributed by atoms with Crippen LogP contribution in [0.3, 0.4) is 0 Å². The van der Waals surface area contributed by atoms with Crippen molar-refractivity contribution in [3.8, 4) is 0 Å². The predicted molar refractivity (Wildman–Crippen MR) is 77.6 cm³/mol. The fourth-order valence-electron chi connectivity index (χ4n) is 1.60. The maximum Gasteiger partial charge on any atom is 0.333 e. The summed E-state index contributed by atoms with van der Waals surface area (Å²) in [4.78, 5) is 29.2. The summed E-state index contributed by atoms with van der Waals surface area (Å²) in [5, 5.41) is 0.586. The number of hydrogen-bond acceptors (Lipinski definition) is 3. The van der Waals surface area contributed by atoms with Gasteiger partial charge in [-0.1, -0.05) is 23.7 Å². The van der Waals surface area contributed by atoms with Crippen LogP contribution < -0.4 is 0 Å². The Balaban J connectivity index is 2.81. The number of halogens is 1. The van der Waals surface area contributed by atoms with Crippen LogP contribution in [0.5, 0.6) is 0 Å². The van der Waals surface area contributed by atoms with Crippen molar-refractivity contribution in [1.29, 1.82) is 0 Å². The van der Waals surface area contributed by atoms with Gasteiger partial charge in [0.05, 0.1) is 13.3 Å². The van der Waals surface area contributed by atoms with Gasteiger partial charge in [-0.15, -0.1) is 0 Å². The number of ether oxygens (including phenoxy) is 1. The zero-order valence-electron chi connectivity index (χ0n) is 11.0. The van der Waals surface area contributed by atoms with Crippen LogP contribution in [-0.2, 0) is 14.1 Å². The molecule has 0 spiro atoms. The molecule has 5 nitrogen and oxygen atoms in total. The number of hydrogen-bond donors (Lipinski definition) is 2. The quantitative estimate of drug-likeness (QED) is 0.478. The minimum Gasteiger partial charge on any atom is -0.466 e. The van der Waals surface area contributed by atoms with Crippen LogP contribution in [0, 0.1) is 0 Å². The van der Waals surface area contributed by atoms with Gasteiger partial charge < -0.3 is 14.5 Å². The molecule has 110 valence electrons. The first-order chi connectivity index (χ1) is 9.31. The minimum atomic E-state index is -4.05. The Morgan fingerprint density at radius 3 is 2.45 bits per heavy atom. The molecule has 0 saturated heterocycles. The van der Waals surface area contributed by atoms with Crippen LogP contribution >= 0.6 is 19.2 Å². The summed E-state index contributed by atoms with van der Waals surface area (Å²) >= 11 is 5.77. The lowest BCUT2D eigenvalue weighted by Gasteiger charge is -2.07. The summed E-state index contributed by atoms with van der Waals surface area (Å²) in [5.41, 5.74) is 1.13. The highest BCUT2D eigenvalue weighted by atomic mass is 35.5. The average Bonchev–Trinajstić information content (AvgIpc) is 2.37. The monoisotopic (exact) mass is 318 g/mol. The Labute approximate surface area is 122 Å². The average molecular weight is 319 g/mol. The van der Waals surface area contributed by atoms with E-state index < -0.39 is 13.6 Å². The molecule has 0 bridgehead atoms. The second kappa shape index (κ2) is 7.60. The lowest BCUT2D eigenvalue weighted by Crippen LogP contribution is -2.05. The van der Waals surface area contributed by atoms with Crippen molar-refractivity contribution in [1.82, 2.24) is 0 Å². The molecule has 0 radical (unpaired) electrons. The zero-order valence-corrected chi connectivity index (χ0v) is 12.6. The van der Waals surface area contributed by atoms with Crippen molar-refractivity contribution in [3.05, 3.63) is 40.4 Å². The van der Waals surface area contributed by atoms with Gasteiger partial charge in [0.15, 0.2) is 0 Å². The van der Waals surface area contributed by atoms with Crippen LogP contribution in [0.1, 0.15) is 18.4 Å². The lowest BCUT2D eigenvalue weighted by molar-refractivity contribution is -0.136. The summed E-state index contributed by atoms with van der Waals surface area (Å²) in [6, 6.07) is 6.87. The standard InChI is InChI=1S/C13H16ClO5P/c1-19-13(15)11(3-2-8-20(16,17)18)9-10-4-6-12(14)7-5-10/h4-7,9H,2-3,8H2,1H3,(H2,16,17,18)/b11-9+. The zero-order chi connectivity index (χ0) is 15.2. The van der Waals surface area contributed by atoms with E-state index in [-0.39, 0.29) is 19.0 Å². The second-order valence-electron chi connectivity index (χ2n) is 4.20.